The highest BCUT2D eigenvalue weighted by molar-refractivity contribution is 4.39. The van der Waals surface area contributed by atoms with Crippen molar-refractivity contribution in [3.63, 3.8) is 0 Å². The Morgan fingerprint density at radius 3 is 1.08 bits per heavy atom. The van der Waals surface area contributed by atoms with Crippen LogP contribution in [-0.2, 0) is 0 Å². The molecule has 0 aliphatic carbocycles. The SMILES string of the molecule is CCCCCCCC.CN(C)C. The van der Waals surface area contributed by atoms with E-state index in [1.54, 1.807) is 0 Å². The molecule has 0 aromatic carbocycles. The van der Waals surface area contributed by atoms with E-state index in [1.807, 2.05) is 26.0 Å². The van der Waals surface area contributed by atoms with Gasteiger partial charge in [0.15, 0.2) is 0 Å². The van der Waals surface area contributed by atoms with Crippen LogP contribution in [0, 0.1) is 0 Å². The first-order valence-electron chi connectivity index (χ1n) is 5.26. The molecule has 0 spiro atoms. The van der Waals surface area contributed by atoms with Crippen LogP contribution < -0.4 is 0 Å². The van der Waals surface area contributed by atoms with Gasteiger partial charge in [0.25, 0.3) is 0 Å². The third-order valence-corrected chi connectivity index (χ3v) is 1.46. The molecule has 0 aromatic heterocycles. The molecule has 0 radical (unpaired) electrons. The van der Waals surface area contributed by atoms with Crippen molar-refractivity contribution in [2.24, 2.45) is 0 Å². The molecule has 0 fully saturated rings. The van der Waals surface area contributed by atoms with Gasteiger partial charge in [0.1, 0.15) is 0 Å². The fourth-order valence-electron chi connectivity index (χ4n) is 0.854. The molecule has 76 valence electrons. The van der Waals surface area contributed by atoms with Crippen LogP contribution >= 0.6 is 0 Å². The Morgan fingerprint density at radius 1 is 0.667 bits per heavy atom. The maximum absolute atomic E-state index is 2.26. The van der Waals surface area contributed by atoms with E-state index in [0.29, 0.717) is 0 Å². The van der Waals surface area contributed by atoms with Gasteiger partial charge in [-0.05, 0) is 21.1 Å². The van der Waals surface area contributed by atoms with Crippen LogP contribution in [0.15, 0.2) is 0 Å². The first-order chi connectivity index (χ1) is 5.65. The highest BCUT2D eigenvalue weighted by Crippen LogP contribution is 2.03. The summed E-state index contributed by atoms with van der Waals surface area (Å²) in [6, 6.07) is 0. The van der Waals surface area contributed by atoms with Gasteiger partial charge in [-0.1, -0.05) is 52.4 Å². The lowest BCUT2D eigenvalue weighted by molar-refractivity contribution is 0.505. The summed E-state index contributed by atoms with van der Waals surface area (Å²) in [6.45, 7) is 4.51. The quantitative estimate of drug-likeness (QED) is 0.575. The van der Waals surface area contributed by atoms with Gasteiger partial charge < -0.3 is 4.90 Å². The Hall–Kier alpha value is -0.0400. The molecule has 0 aliphatic rings. The maximum atomic E-state index is 2.26. The fourth-order valence-corrected chi connectivity index (χ4v) is 0.854. The van der Waals surface area contributed by atoms with Crippen molar-refractivity contribution in [3.05, 3.63) is 0 Å². The second-order valence-corrected chi connectivity index (χ2v) is 3.76. The first kappa shape index (κ1) is 14.5. The van der Waals surface area contributed by atoms with Gasteiger partial charge in [-0.25, -0.2) is 0 Å². The van der Waals surface area contributed by atoms with Crippen LogP contribution in [-0.4, -0.2) is 26.0 Å². The fraction of sp³-hybridized carbons (Fsp3) is 1.00. The molecule has 0 heterocycles. The van der Waals surface area contributed by atoms with E-state index >= 15 is 0 Å². The van der Waals surface area contributed by atoms with Crippen molar-refractivity contribution in [3.8, 4) is 0 Å². The molecule has 0 aliphatic heterocycles. The Balaban J connectivity index is 0. The first-order valence-corrected chi connectivity index (χ1v) is 5.26. The lowest BCUT2D eigenvalue weighted by atomic mass is 10.1. The van der Waals surface area contributed by atoms with Gasteiger partial charge >= 0.3 is 0 Å². The average molecular weight is 173 g/mol. The summed E-state index contributed by atoms with van der Waals surface area (Å²) in [5, 5.41) is 0. The summed E-state index contributed by atoms with van der Waals surface area (Å²) in [6.07, 6.45) is 8.49. The van der Waals surface area contributed by atoms with Crippen LogP contribution in [0.5, 0.6) is 0 Å². The molecule has 0 N–H and O–H groups in total. The molecule has 0 amide bonds. The molecular weight excluding hydrogens is 146 g/mol. The number of nitrogens with zero attached hydrogens (tertiary/aromatic N) is 1. The van der Waals surface area contributed by atoms with Crippen LogP contribution in [0.4, 0.5) is 0 Å². The highest BCUT2D eigenvalue weighted by atomic mass is 15.0. The Bertz CT molecular complexity index is 51.3. The molecule has 0 saturated carbocycles. The van der Waals surface area contributed by atoms with Gasteiger partial charge in [-0.15, -0.1) is 0 Å². The second-order valence-electron chi connectivity index (χ2n) is 3.76. The van der Waals surface area contributed by atoms with Crippen molar-refractivity contribution in [1.82, 2.24) is 4.90 Å². The minimum Gasteiger partial charge on any atom is -0.312 e. The van der Waals surface area contributed by atoms with E-state index < -0.39 is 0 Å². The van der Waals surface area contributed by atoms with Crippen LogP contribution in [0.1, 0.15) is 52.4 Å². The predicted molar refractivity (Wildman–Crippen MR) is 58.7 cm³/mol. The van der Waals surface area contributed by atoms with Crippen molar-refractivity contribution in [1.29, 1.82) is 0 Å². The van der Waals surface area contributed by atoms with Gasteiger partial charge in [0.05, 0.1) is 0 Å². The predicted octanol–water partition coefficient (Wildman–Crippen LogP) is 3.54. The van der Waals surface area contributed by atoms with Gasteiger partial charge in [0.2, 0.25) is 0 Å². The normalized spacial score (nSPS) is 9.50. The number of hydrogen-bond donors (Lipinski definition) is 0. The summed E-state index contributed by atoms with van der Waals surface area (Å²) in [5.41, 5.74) is 0. The van der Waals surface area contributed by atoms with Crippen molar-refractivity contribution in [2.75, 3.05) is 21.1 Å². The number of hydrogen-bond acceptors (Lipinski definition) is 1. The van der Waals surface area contributed by atoms with Crippen molar-refractivity contribution < 1.29 is 0 Å². The third kappa shape index (κ3) is 32.5. The lowest BCUT2D eigenvalue weighted by Gasteiger charge is -1.93. The Labute approximate surface area is 79.2 Å². The zero-order chi connectivity index (χ0) is 9.82. The summed E-state index contributed by atoms with van der Waals surface area (Å²) in [4.78, 5) is 2.00. The van der Waals surface area contributed by atoms with E-state index in [0.717, 1.165) is 0 Å². The van der Waals surface area contributed by atoms with E-state index in [2.05, 4.69) is 13.8 Å². The second kappa shape index (κ2) is 13.5. The summed E-state index contributed by atoms with van der Waals surface area (Å²) in [5.74, 6) is 0. The smallest absolute Gasteiger partial charge is 0.0140 e. The largest absolute Gasteiger partial charge is 0.312 e. The number of rotatable bonds is 5. The Kier molecular flexibility index (Phi) is 16.3. The average Bonchev–Trinajstić information content (AvgIpc) is 1.97. The minimum absolute atomic E-state index is 1.36. The van der Waals surface area contributed by atoms with Crippen molar-refractivity contribution in [2.45, 2.75) is 52.4 Å². The topological polar surface area (TPSA) is 3.24 Å². The molecule has 1 nitrogen and oxygen atoms in total. The molecule has 1 heteroatoms. The van der Waals surface area contributed by atoms with Crippen LogP contribution in [0.2, 0.25) is 0 Å². The molecule has 0 rings (SSSR count). The third-order valence-electron chi connectivity index (χ3n) is 1.46. The standard InChI is InChI=1S/C8H18.C3H9N/c1-3-5-7-8-6-4-2;1-4(2)3/h3-8H2,1-2H3;1-3H3. The zero-order valence-electron chi connectivity index (χ0n) is 9.69. The molecule has 0 atom stereocenters. The molecule has 12 heavy (non-hydrogen) atoms. The molecule has 0 unspecified atom stereocenters. The molecule has 0 saturated heterocycles. The monoisotopic (exact) mass is 173 g/mol. The minimum atomic E-state index is 1.36. The van der Waals surface area contributed by atoms with Crippen LogP contribution in [0.3, 0.4) is 0 Å². The molecule has 0 aromatic rings. The maximum Gasteiger partial charge on any atom is -0.0140 e. The van der Waals surface area contributed by atoms with E-state index in [-0.39, 0.29) is 0 Å². The van der Waals surface area contributed by atoms with E-state index in [9.17, 15) is 0 Å². The van der Waals surface area contributed by atoms with Crippen LogP contribution in [0.25, 0.3) is 0 Å². The molecule has 0 bridgehead atoms. The van der Waals surface area contributed by atoms with E-state index in [1.165, 1.54) is 38.5 Å². The summed E-state index contributed by atoms with van der Waals surface area (Å²) in [7, 11) is 6.00. The summed E-state index contributed by atoms with van der Waals surface area (Å²) >= 11 is 0. The number of unbranched alkanes of at least 4 members (excludes halogenated alkanes) is 5. The molecular formula is C11H27N. The zero-order valence-corrected chi connectivity index (χ0v) is 9.69. The van der Waals surface area contributed by atoms with E-state index in [4.69, 9.17) is 0 Å². The summed E-state index contributed by atoms with van der Waals surface area (Å²) < 4.78 is 0. The lowest BCUT2D eigenvalue weighted by Crippen LogP contribution is -1.99. The van der Waals surface area contributed by atoms with Gasteiger partial charge in [-0.2, -0.15) is 0 Å². The van der Waals surface area contributed by atoms with Gasteiger partial charge in [-0.3, -0.25) is 0 Å². The highest BCUT2D eigenvalue weighted by Gasteiger charge is 1.83. The van der Waals surface area contributed by atoms with Crippen molar-refractivity contribution >= 4 is 0 Å². The van der Waals surface area contributed by atoms with Gasteiger partial charge in [0, 0.05) is 0 Å². The Morgan fingerprint density at radius 2 is 0.917 bits per heavy atom.